The van der Waals surface area contributed by atoms with Crippen molar-refractivity contribution in [1.29, 1.82) is 0 Å². The summed E-state index contributed by atoms with van der Waals surface area (Å²) in [5.41, 5.74) is 0.919. The molecule has 1 aliphatic rings. The second-order valence-electron chi connectivity index (χ2n) is 7.55. The van der Waals surface area contributed by atoms with Gasteiger partial charge in [-0.25, -0.2) is 9.97 Å². The van der Waals surface area contributed by atoms with Gasteiger partial charge in [-0.3, -0.25) is 14.3 Å². The van der Waals surface area contributed by atoms with Crippen molar-refractivity contribution < 1.29 is 9.53 Å². The molecule has 0 aliphatic carbocycles. The number of carbonyl (C=O) groups excluding carboxylic acids is 1. The maximum atomic E-state index is 12.3. The summed E-state index contributed by atoms with van der Waals surface area (Å²) < 4.78 is 7.05. The maximum Gasteiger partial charge on any atom is 0.230 e. The van der Waals surface area contributed by atoms with E-state index in [-0.39, 0.29) is 5.91 Å². The van der Waals surface area contributed by atoms with Gasteiger partial charge in [-0.15, -0.1) is 10.2 Å². The fourth-order valence-corrected chi connectivity index (χ4v) is 4.34. The van der Waals surface area contributed by atoms with Crippen LogP contribution in [0, 0.1) is 0 Å². The van der Waals surface area contributed by atoms with E-state index in [1.165, 1.54) is 11.8 Å². The Morgan fingerprint density at radius 2 is 1.88 bits per heavy atom. The number of carbonyl (C=O) groups is 1. The first-order chi connectivity index (χ1) is 16.2. The molecule has 1 saturated heterocycles. The summed E-state index contributed by atoms with van der Waals surface area (Å²) in [6, 6.07) is 9.45. The van der Waals surface area contributed by atoms with Crippen LogP contribution in [0.25, 0.3) is 5.69 Å². The normalized spacial score (nSPS) is 14.3. The molecule has 0 spiro atoms. The lowest BCUT2D eigenvalue weighted by atomic mass is 10.3. The van der Waals surface area contributed by atoms with Crippen LogP contribution in [-0.2, 0) is 4.79 Å². The van der Waals surface area contributed by atoms with E-state index < -0.39 is 0 Å². The molecule has 4 rings (SSSR count). The van der Waals surface area contributed by atoms with E-state index in [1.807, 2.05) is 34.9 Å². The molecule has 1 aromatic carbocycles. The molecule has 1 aliphatic heterocycles. The average molecular weight is 469 g/mol. The van der Waals surface area contributed by atoms with Crippen molar-refractivity contribution in [3.05, 3.63) is 49.1 Å². The van der Waals surface area contributed by atoms with Gasteiger partial charge in [0.2, 0.25) is 11.9 Å². The molecule has 1 fully saturated rings. The number of ether oxygens (including phenoxy) is 1. The van der Waals surface area contributed by atoms with E-state index in [0.717, 1.165) is 56.5 Å². The molecule has 1 N–H and O–H groups in total. The molecule has 0 atom stereocenters. The van der Waals surface area contributed by atoms with E-state index in [0.29, 0.717) is 17.5 Å². The van der Waals surface area contributed by atoms with E-state index in [2.05, 4.69) is 35.3 Å². The minimum atomic E-state index is -0.00433. The number of piperazine rings is 1. The molecular weight excluding hydrogens is 440 g/mol. The number of thioether (sulfide) groups is 1. The largest absolute Gasteiger partial charge is 0.497 e. The lowest BCUT2D eigenvalue weighted by molar-refractivity contribution is -0.118. The number of hydrogen-bond acceptors (Lipinski definition) is 9. The Hall–Kier alpha value is -3.18. The zero-order chi connectivity index (χ0) is 22.9. The SMILES string of the molecule is COc1ccc(-n2cnnc2SCC(=O)NCCCN2CCN(c3ncccn3)CC2)cc1. The molecule has 33 heavy (non-hydrogen) atoms. The zero-order valence-corrected chi connectivity index (χ0v) is 19.4. The highest BCUT2D eigenvalue weighted by Gasteiger charge is 2.18. The Kier molecular flexibility index (Phi) is 8.09. The minimum absolute atomic E-state index is 0.00433. The molecule has 3 aromatic rings. The number of hydrogen-bond donors (Lipinski definition) is 1. The van der Waals surface area contributed by atoms with Crippen LogP contribution in [0.4, 0.5) is 5.95 Å². The summed E-state index contributed by atoms with van der Waals surface area (Å²) in [6.45, 7) is 5.41. The monoisotopic (exact) mass is 468 g/mol. The van der Waals surface area contributed by atoms with Gasteiger partial charge >= 0.3 is 0 Å². The molecule has 0 bridgehead atoms. The number of nitrogens with one attached hydrogen (secondary N) is 1. The Labute approximate surface area is 197 Å². The van der Waals surface area contributed by atoms with E-state index in [9.17, 15) is 4.79 Å². The second-order valence-corrected chi connectivity index (χ2v) is 8.49. The van der Waals surface area contributed by atoms with Crippen LogP contribution in [0.2, 0.25) is 0 Å². The van der Waals surface area contributed by atoms with Crippen LogP contribution in [0.15, 0.2) is 54.2 Å². The third-order valence-electron chi connectivity index (χ3n) is 5.38. The average Bonchev–Trinajstić information content (AvgIpc) is 3.35. The van der Waals surface area contributed by atoms with Gasteiger partial charge in [-0.05, 0) is 43.3 Å². The molecule has 174 valence electrons. The second kappa shape index (κ2) is 11.6. The van der Waals surface area contributed by atoms with Gasteiger partial charge in [0.25, 0.3) is 0 Å². The number of methoxy groups -OCH3 is 1. The molecule has 0 saturated carbocycles. The minimum Gasteiger partial charge on any atom is -0.497 e. The predicted molar refractivity (Wildman–Crippen MR) is 127 cm³/mol. The smallest absolute Gasteiger partial charge is 0.230 e. The molecule has 0 unspecified atom stereocenters. The van der Waals surface area contributed by atoms with E-state index in [4.69, 9.17) is 4.74 Å². The molecule has 1 amide bonds. The van der Waals surface area contributed by atoms with Gasteiger partial charge in [-0.1, -0.05) is 11.8 Å². The summed E-state index contributed by atoms with van der Waals surface area (Å²) >= 11 is 1.37. The standard InChI is InChI=1S/C22H28N8O2S/c1-32-19-6-4-18(5-7-19)30-17-26-27-22(30)33-16-20(31)23-10-3-11-28-12-14-29(15-13-28)21-24-8-2-9-25-21/h2,4-9,17H,3,10-16H2,1H3,(H,23,31). The van der Waals surface area contributed by atoms with Crippen molar-refractivity contribution in [2.45, 2.75) is 11.6 Å². The van der Waals surface area contributed by atoms with Crippen molar-refractivity contribution in [3.63, 3.8) is 0 Å². The number of amides is 1. The van der Waals surface area contributed by atoms with Crippen molar-refractivity contribution in [3.8, 4) is 11.4 Å². The Balaban J connectivity index is 1.13. The number of benzene rings is 1. The first-order valence-electron chi connectivity index (χ1n) is 10.9. The number of aromatic nitrogens is 5. The molecule has 0 radical (unpaired) electrons. The van der Waals surface area contributed by atoms with Crippen molar-refractivity contribution >= 4 is 23.6 Å². The number of anilines is 1. The lowest BCUT2D eigenvalue weighted by Crippen LogP contribution is -2.47. The van der Waals surface area contributed by atoms with Crippen molar-refractivity contribution in [2.24, 2.45) is 0 Å². The summed E-state index contributed by atoms with van der Waals surface area (Å²) in [7, 11) is 1.63. The summed E-state index contributed by atoms with van der Waals surface area (Å²) in [5.74, 6) is 1.87. The third kappa shape index (κ3) is 6.42. The van der Waals surface area contributed by atoms with E-state index >= 15 is 0 Å². The van der Waals surface area contributed by atoms with E-state index in [1.54, 1.807) is 25.8 Å². The number of nitrogens with zero attached hydrogens (tertiary/aromatic N) is 7. The van der Waals surface area contributed by atoms with Crippen LogP contribution >= 0.6 is 11.8 Å². The molecular formula is C22H28N8O2S. The summed E-state index contributed by atoms with van der Waals surface area (Å²) in [4.78, 5) is 25.5. The Morgan fingerprint density at radius 3 is 2.61 bits per heavy atom. The fraction of sp³-hybridized carbons (Fsp3) is 0.409. The first-order valence-corrected chi connectivity index (χ1v) is 11.9. The topological polar surface area (TPSA) is 101 Å². The summed E-state index contributed by atoms with van der Waals surface area (Å²) in [6.07, 6.45) is 6.11. The van der Waals surface area contributed by atoms with Crippen LogP contribution in [-0.4, -0.2) is 87.7 Å². The first kappa shape index (κ1) is 23.0. The molecule has 2 aromatic heterocycles. The number of rotatable bonds is 10. The lowest BCUT2D eigenvalue weighted by Gasteiger charge is -2.34. The highest BCUT2D eigenvalue weighted by Crippen LogP contribution is 2.21. The molecule has 11 heteroatoms. The third-order valence-corrected chi connectivity index (χ3v) is 6.32. The predicted octanol–water partition coefficient (Wildman–Crippen LogP) is 1.49. The fourth-order valence-electron chi connectivity index (χ4n) is 3.58. The van der Waals surface area contributed by atoms with Crippen molar-refractivity contribution in [2.75, 3.05) is 57.0 Å². The maximum absolute atomic E-state index is 12.3. The summed E-state index contributed by atoms with van der Waals surface area (Å²) in [5, 5.41) is 11.8. The van der Waals surface area contributed by atoms with Gasteiger partial charge in [0, 0.05) is 50.8 Å². The zero-order valence-electron chi connectivity index (χ0n) is 18.6. The van der Waals surface area contributed by atoms with Crippen LogP contribution in [0.1, 0.15) is 6.42 Å². The van der Waals surface area contributed by atoms with Gasteiger partial charge in [0.15, 0.2) is 5.16 Å². The Bertz CT molecular complexity index is 1010. The van der Waals surface area contributed by atoms with Gasteiger partial charge in [0.1, 0.15) is 12.1 Å². The quantitative estimate of drug-likeness (QED) is 0.350. The van der Waals surface area contributed by atoms with Gasteiger partial charge in [-0.2, -0.15) is 0 Å². The molecule has 10 nitrogen and oxygen atoms in total. The van der Waals surface area contributed by atoms with Crippen LogP contribution < -0.4 is 15.0 Å². The highest BCUT2D eigenvalue weighted by molar-refractivity contribution is 7.99. The Morgan fingerprint density at radius 1 is 1.12 bits per heavy atom. The van der Waals surface area contributed by atoms with Gasteiger partial charge < -0.3 is 15.0 Å². The highest BCUT2D eigenvalue weighted by atomic mass is 32.2. The van der Waals surface area contributed by atoms with Crippen LogP contribution in [0.3, 0.4) is 0 Å². The van der Waals surface area contributed by atoms with Gasteiger partial charge in [0.05, 0.1) is 12.9 Å². The van der Waals surface area contributed by atoms with Crippen LogP contribution in [0.5, 0.6) is 5.75 Å². The van der Waals surface area contributed by atoms with Crippen molar-refractivity contribution in [1.82, 2.24) is 34.9 Å². The molecule has 3 heterocycles.